The van der Waals surface area contributed by atoms with Gasteiger partial charge in [-0.05, 0) is 35.8 Å². The van der Waals surface area contributed by atoms with E-state index in [0.717, 1.165) is 17.0 Å². The molecule has 0 aliphatic carbocycles. The highest BCUT2D eigenvalue weighted by molar-refractivity contribution is 7.79. The van der Waals surface area contributed by atoms with Crippen LogP contribution in [-0.4, -0.2) is 11.8 Å². The van der Waals surface area contributed by atoms with Gasteiger partial charge in [0.2, 0.25) is 0 Å². The van der Waals surface area contributed by atoms with Gasteiger partial charge in [-0.3, -0.25) is 0 Å². The van der Waals surface area contributed by atoms with E-state index in [9.17, 15) is 0 Å². The molecule has 1 heterocycles. The van der Waals surface area contributed by atoms with E-state index in [1.165, 1.54) is 23.5 Å². The summed E-state index contributed by atoms with van der Waals surface area (Å²) in [5, 5.41) is 3.40. The van der Waals surface area contributed by atoms with E-state index in [4.69, 9.17) is 0 Å². The zero-order chi connectivity index (χ0) is 24.3. The van der Waals surface area contributed by atoms with E-state index in [1.54, 1.807) is 0 Å². The van der Waals surface area contributed by atoms with Crippen molar-refractivity contribution in [2.75, 3.05) is 6.16 Å². The average molecular weight is 497 g/mol. The summed E-state index contributed by atoms with van der Waals surface area (Å²) >= 11 is 0. The lowest BCUT2D eigenvalue weighted by Crippen LogP contribution is -2.40. The monoisotopic (exact) mass is 496 g/mol. The Hall–Kier alpha value is -2.46. The topological polar surface area (TPSA) is 17.1 Å². The molecule has 0 radical (unpaired) electrons. The molecule has 0 N–H and O–H groups in total. The average Bonchev–Trinajstić information content (AvgIpc) is 3.40. The van der Waals surface area contributed by atoms with Crippen LogP contribution in [0.5, 0.6) is 0 Å². The summed E-state index contributed by atoms with van der Waals surface area (Å²) in [6.07, 6.45) is 3.59. The molecule has 0 bridgehead atoms. The van der Waals surface area contributed by atoms with Crippen LogP contribution >= 0.6 is 15.1 Å². The normalized spacial score (nSPS) is 21.9. The molecule has 0 amide bonds. The van der Waals surface area contributed by atoms with Crippen molar-refractivity contribution >= 4 is 31.0 Å². The molecule has 5 rings (SSSR count). The fraction of sp³-hybridized carbons (Fsp3) is 0.250. The lowest BCUT2D eigenvalue weighted by Gasteiger charge is -2.46. The van der Waals surface area contributed by atoms with Gasteiger partial charge in [0, 0.05) is 21.4 Å². The Labute approximate surface area is 211 Å². The molecule has 178 valence electrons. The van der Waals surface area contributed by atoms with Crippen LogP contribution in [0.2, 0.25) is 0 Å². The van der Waals surface area contributed by atoms with Crippen LogP contribution in [0, 0.1) is 5.92 Å². The zero-order valence-corrected chi connectivity index (χ0v) is 22.4. The SMILES string of the molecule is CC(C(C)P(=O)(c1ccccc1)c1ccccc1)C1(c2ccccc2)CCCP1c1ccccc1. The molecule has 3 heteroatoms. The van der Waals surface area contributed by atoms with Crippen molar-refractivity contribution in [1.82, 2.24) is 0 Å². The molecule has 0 spiro atoms. The first-order chi connectivity index (χ1) is 17.1. The van der Waals surface area contributed by atoms with Gasteiger partial charge in [-0.1, -0.05) is 143 Å². The Morgan fingerprint density at radius 3 is 1.66 bits per heavy atom. The van der Waals surface area contributed by atoms with E-state index in [-0.39, 0.29) is 16.7 Å². The van der Waals surface area contributed by atoms with Crippen LogP contribution < -0.4 is 15.9 Å². The minimum Gasteiger partial charge on any atom is -0.313 e. The summed E-state index contributed by atoms with van der Waals surface area (Å²) < 4.78 is 15.3. The first-order valence-corrected chi connectivity index (χ1v) is 16.0. The second-order valence-electron chi connectivity index (χ2n) is 9.74. The van der Waals surface area contributed by atoms with Crippen molar-refractivity contribution in [3.8, 4) is 0 Å². The summed E-state index contributed by atoms with van der Waals surface area (Å²) in [6.45, 7) is 4.65. The lowest BCUT2D eigenvalue weighted by molar-refractivity contribution is 0.385. The second-order valence-corrected chi connectivity index (χ2v) is 15.5. The highest BCUT2D eigenvalue weighted by atomic mass is 31.2. The van der Waals surface area contributed by atoms with Crippen LogP contribution in [-0.2, 0) is 9.72 Å². The zero-order valence-electron chi connectivity index (χ0n) is 20.6. The van der Waals surface area contributed by atoms with E-state index >= 15 is 4.57 Å². The molecule has 4 aromatic carbocycles. The Morgan fingerprint density at radius 2 is 1.14 bits per heavy atom. The Kier molecular flexibility index (Phi) is 7.11. The molecule has 1 saturated heterocycles. The maximum Gasteiger partial charge on any atom is 0.146 e. The van der Waals surface area contributed by atoms with E-state index in [0.29, 0.717) is 0 Å². The molecule has 1 nitrogen and oxygen atoms in total. The smallest absolute Gasteiger partial charge is 0.146 e. The first kappa shape index (κ1) is 24.2. The molecule has 0 saturated carbocycles. The molecule has 4 unspecified atom stereocenters. The largest absolute Gasteiger partial charge is 0.313 e. The maximum absolute atomic E-state index is 15.3. The van der Waals surface area contributed by atoms with Crippen LogP contribution in [0.15, 0.2) is 121 Å². The molecule has 4 atom stereocenters. The molecular weight excluding hydrogens is 462 g/mol. The molecular formula is C32H34OP2. The van der Waals surface area contributed by atoms with Crippen molar-refractivity contribution < 1.29 is 4.57 Å². The minimum absolute atomic E-state index is 0.000631. The minimum atomic E-state index is -2.89. The molecule has 1 fully saturated rings. The third-order valence-corrected chi connectivity index (χ3v) is 15.4. The van der Waals surface area contributed by atoms with Crippen molar-refractivity contribution in [2.24, 2.45) is 5.92 Å². The van der Waals surface area contributed by atoms with Gasteiger partial charge in [0.1, 0.15) is 7.14 Å². The lowest BCUT2D eigenvalue weighted by atomic mass is 9.81. The van der Waals surface area contributed by atoms with Gasteiger partial charge in [-0.25, -0.2) is 0 Å². The van der Waals surface area contributed by atoms with Gasteiger partial charge in [0.25, 0.3) is 0 Å². The molecule has 1 aliphatic rings. The third kappa shape index (κ3) is 4.24. The maximum atomic E-state index is 15.3. The van der Waals surface area contributed by atoms with Crippen LogP contribution in [0.3, 0.4) is 0 Å². The van der Waals surface area contributed by atoms with Gasteiger partial charge in [-0.2, -0.15) is 0 Å². The first-order valence-electron chi connectivity index (χ1n) is 12.7. The van der Waals surface area contributed by atoms with E-state index < -0.39 is 15.1 Å². The molecule has 0 aromatic heterocycles. The number of hydrogen-bond donors (Lipinski definition) is 0. The Balaban J connectivity index is 1.68. The highest BCUT2D eigenvalue weighted by Gasteiger charge is 2.53. The Bertz CT molecular complexity index is 1230. The van der Waals surface area contributed by atoms with Gasteiger partial charge in [0.15, 0.2) is 0 Å². The van der Waals surface area contributed by atoms with Crippen molar-refractivity contribution in [3.63, 3.8) is 0 Å². The number of hydrogen-bond acceptors (Lipinski definition) is 1. The summed E-state index contributed by atoms with van der Waals surface area (Å²) in [7, 11) is -3.34. The fourth-order valence-corrected chi connectivity index (χ4v) is 13.4. The highest BCUT2D eigenvalue weighted by Crippen LogP contribution is 2.69. The van der Waals surface area contributed by atoms with Crippen LogP contribution in [0.4, 0.5) is 0 Å². The quantitative estimate of drug-likeness (QED) is 0.242. The van der Waals surface area contributed by atoms with Crippen molar-refractivity contribution in [3.05, 3.63) is 127 Å². The number of benzene rings is 4. The predicted octanol–water partition coefficient (Wildman–Crippen LogP) is 7.52. The van der Waals surface area contributed by atoms with E-state index in [2.05, 4.69) is 98.8 Å². The Morgan fingerprint density at radius 1 is 0.686 bits per heavy atom. The fourth-order valence-electron chi connectivity index (χ4n) is 6.20. The molecule has 4 aromatic rings. The van der Waals surface area contributed by atoms with Crippen molar-refractivity contribution in [2.45, 2.75) is 37.5 Å². The molecule has 1 aliphatic heterocycles. The summed E-state index contributed by atoms with van der Waals surface area (Å²) in [5.41, 5.74) is 1.42. The molecule has 35 heavy (non-hydrogen) atoms. The third-order valence-electron chi connectivity index (χ3n) is 8.09. The standard InChI is InChI=1S/C32H34OP2/c1-26(27(2)35(33,30-20-11-5-12-21-30)31-22-13-6-14-23-31)32(28-16-7-3-8-17-28)24-15-25-34(32)29-18-9-4-10-19-29/h3-14,16-23,26-27H,15,24-25H2,1-2H3. The summed E-state index contributed by atoms with van der Waals surface area (Å²) in [4.78, 5) is 0. The van der Waals surface area contributed by atoms with Gasteiger partial charge in [0.05, 0.1) is 0 Å². The van der Waals surface area contributed by atoms with E-state index in [1.807, 2.05) is 36.4 Å². The van der Waals surface area contributed by atoms with Gasteiger partial charge < -0.3 is 4.57 Å². The van der Waals surface area contributed by atoms with Crippen LogP contribution in [0.25, 0.3) is 0 Å². The summed E-state index contributed by atoms with van der Waals surface area (Å²) in [5.74, 6) is 0.241. The second kappa shape index (κ2) is 10.3. The number of rotatable bonds is 7. The van der Waals surface area contributed by atoms with Gasteiger partial charge in [-0.15, -0.1) is 0 Å². The van der Waals surface area contributed by atoms with Crippen LogP contribution in [0.1, 0.15) is 32.3 Å². The van der Waals surface area contributed by atoms with Crippen molar-refractivity contribution in [1.29, 1.82) is 0 Å². The summed E-state index contributed by atoms with van der Waals surface area (Å²) in [6, 6.07) is 42.7. The van der Waals surface area contributed by atoms with Gasteiger partial charge >= 0.3 is 0 Å². The predicted molar refractivity (Wildman–Crippen MR) is 154 cm³/mol.